The molecule has 0 saturated heterocycles. The van der Waals surface area contributed by atoms with Crippen LogP contribution >= 0.6 is 0 Å². The Bertz CT molecular complexity index is 502. The molecule has 0 aromatic carbocycles. The van der Waals surface area contributed by atoms with Crippen LogP contribution in [0.15, 0.2) is 22.8 Å². The lowest BCUT2D eigenvalue weighted by Gasteiger charge is -2.02. The Hall–Kier alpha value is -1.75. The van der Waals surface area contributed by atoms with E-state index < -0.39 is 0 Å². The zero-order valence-electron chi connectivity index (χ0n) is 11.1. The van der Waals surface area contributed by atoms with Gasteiger partial charge in [-0.3, -0.25) is 0 Å². The lowest BCUT2D eigenvalue weighted by atomic mass is 10.3. The maximum absolute atomic E-state index is 5.65. The number of furan rings is 1. The van der Waals surface area contributed by atoms with Gasteiger partial charge >= 0.3 is 0 Å². The highest BCUT2D eigenvalue weighted by molar-refractivity contribution is 5.16. The zero-order valence-corrected chi connectivity index (χ0v) is 11.1. The summed E-state index contributed by atoms with van der Waals surface area (Å²) >= 11 is 0. The van der Waals surface area contributed by atoms with E-state index in [0.717, 1.165) is 36.0 Å². The van der Waals surface area contributed by atoms with Crippen molar-refractivity contribution in [2.45, 2.75) is 27.0 Å². The van der Waals surface area contributed by atoms with Crippen molar-refractivity contribution in [3.8, 4) is 5.88 Å². The van der Waals surface area contributed by atoms with E-state index in [1.165, 1.54) is 0 Å². The fourth-order valence-corrected chi connectivity index (χ4v) is 1.73. The second-order valence-electron chi connectivity index (χ2n) is 4.24. The molecule has 0 aliphatic rings. The quantitative estimate of drug-likeness (QED) is 0.851. The van der Waals surface area contributed by atoms with Crippen molar-refractivity contribution < 1.29 is 9.15 Å². The number of nitrogens with zero attached hydrogens (tertiary/aromatic N) is 2. The average molecular weight is 249 g/mol. The van der Waals surface area contributed by atoms with Gasteiger partial charge in [0.2, 0.25) is 5.88 Å². The molecule has 5 heteroatoms. The first-order chi connectivity index (χ1) is 8.69. The van der Waals surface area contributed by atoms with Crippen molar-refractivity contribution in [1.82, 2.24) is 15.1 Å². The van der Waals surface area contributed by atoms with Crippen molar-refractivity contribution in [2.24, 2.45) is 7.05 Å². The normalized spacial score (nSPS) is 10.8. The Morgan fingerprint density at radius 3 is 2.94 bits per heavy atom. The van der Waals surface area contributed by atoms with Crippen LogP contribution in [0.2, 0.25) is 0 Å². The Labute approximate surface area is 107 Å². The van der Waals surface area contributed by atoms with Gasteiger partial charge in [-0.05, 0) is 19.5 Å². The maximum atomic E-state index is 5.65. The van der Waals surface area contributed by atoms with E-state index in [1.54, 1.807) is 10.9 Å². The van der Waals surface area contributed by atoms with E-state index in [9.17, 15) is 0 Å². The summed E-state index contributed by atoms with van der Waals surface area (Å²) in [7, 11) is 1.86. The van der Waals surface area contributed by atoms with Crippen molar-refractivity contribution in [1.29, 1.82) is 0 Å². The van der Waals surface area contributed by atoms with Gasteiger partial charge in [0.05, 0.1) is 12.0 Å². The topological polar surface area (TPSA) is 52.2 Å². The number of hydrogen-bond acceptors (Lipinski definition) is 4. The first kappa shape index (κ1) is 12.7. The second kappa shape index (κ2) is 5.73. The third-order valence-corrected chi connectivity index (χ3v) is 2.61. The van der Waals surface area contributed by atoms with Crippen LogP contribution in [-0.4, -0.2) is 16.3 Å². The number of aromatic nitrogens is 2. The van der Waals surface area contributed by atoms with Crippen LogP contribution in [0.3, 0.4) is 0 Å². The molecule has 0 saturated carbocycles. The molecule has 2 heterocycles. The largest absolute Gasteiger partial charge is 0.470 e. The first-order valence-corrected chi connectivity index (χ1v) is 6.09. The highest BCUT2D eigenvalue weighted by Gasteiger charge is 2.06. The molecular weight excluding hydrogens is 230 g/mol. The first-order valence-electron chi connectivity index (χ1n) is 6.09. The lowest BCUT2D eigenvalue weighted by molar-refractivity contribution is 0.249. The molecule has 0 amide bonds. The monoisotopic (exact) mass is 249 g/mol. The van der Waals surface area contributed by atoms with E-state index in [1.807, 2.05) is 26.1 Å². The van der Waals surface area contributed by atoms with E-state index in [4.69, 9.17) is 9.15 Å². The summed E-state index contributed by atoms with van der Waals surface area (Å²) < 4.78 is 12.8. The fourth-order valence-electron chi connectivity index (χ4n) is 1.73. The van der Waals surface area contributed by atoms with Crippen LogP contribution in [0.1, 0.15) is 23.9 Å². The van der Waals surface area contributed by atoms with Crippen LogP contribution in [0.4, 0.5) is 0 Å². The van der Waals surface area contributed by atoms with E-state index in [-0.39, 0.29) is 0 Å². The molecule has 0 unspecified atom stereocenters. The standard InChI is InChI=1S/C13H19N3O2/c1-4-14-7-11-6-12(17-8-11)9-18-13-5-10(2)15-16(13)3/h5-6,8,14H,4,7,9H2,1-3H3. The number of hydrogen-bond donors (Lipinski definition) is 1. The van der Waals surface area contributed by atoms with Gasteiger partial charge in [0, 0.05) is 25.2 Å². The number of ether oxygens (including phenoxy) is 1. The summed E-state index contributed by atoms with van der Waals surface area (Å²) in [4.78, 5) is 0. The van der Waals surface area contributed by atoms with Gasteiger partial charge in [-0.25, -0.2) is 4.68 Å². The molecule has 0 aliphatic carbocycles. The fraction of sp³-hybridized carbons (Fsp3) is 0.462. The van der Waals surface area contributed by atoms with Crippen LogP contribution in [0.25, 0.3) is 0 Å². The lowest BCUT2D eigenvalue weighted by Crippen LogP contribution is -2.10. The SMILES string of the molecule is CCNCc1coc(COc2cc(C)nn2C)c1. The van der Waals surface area contributed by atoms with Gasteiger partial charge in [-0.2, -0.15) is 5.10 Å². The third-order valence-electron chi connectivity index (χ3n) is 2.61. The predicted molar refractivity (Wildman–Crippen MR) is 68.4 cm³/mol. The summed E-state index contributed by atoms with van der Waals surface area (Å²) in [6.07, 6.45) is 1.76. The molecule has 2 aromatic rings. The van der Waals surface area contributed by atoms with Gasteiger partial charge in [0.25, 0.3) is 0 Å². The summed E-state index contributed by atoms with van der Waals surface area (Å²) in [5.74, 6) is 1.57. The van der Waals surface area contributed by atoms with Gasteiger partial charge in [0.15, 0.2) is 0 Å². The second-order valence-corrected chi connectivity index (χ2v) is 4.24. The van der Waals surface area contributed by atoms with E-state index in [2.05, 4.69) is 17.3 Å². The van der Waals surface area contributed by atoms with Crippen LogP contribution in [0, 0.1) is 6.92 Å². The highest BCUT2D eigenvalue weighted by Crippen LogP contribution is 2.15. The molecule has 5 nitrogen and oxygen atoms in total. The Morgan fingerprint density at radius 1 is 1.44 bits per heavy atom. The molecule has 2 rings (SSSR count). The molecule has 0 fully saturated rings. The van der Waals surface area contributed by atoms with Crippen molar-refractivity contribution >= 4 is 0 Å². The summed E-state index contributed by atoms with van der Waals surface area (Å²) in [6.45, 7) is 6.21. The Balaban J connectivity index is 1.90. The summed E-state index contributed by atoms with van der Waals surface area (Å²) in [6, 6.07) is 3.91. The van der Waals surface area contributed by atoms with Crippen molar-refractivity contribution in [3.63, 3.8) is 0 Å². The predicted octanol–water partition coefficient (Wildman–Crippen LogP) is 2.01. The van der Waals surface area contributed by atoms with E-state index in [0.29, 0.717) is 6.61 Å². The molecule has 0 bridgehead atoms. The number of nitrogens with one attached hydrogen (secondary N) is 1. The molecule has 0 spiro atoms. The van der Waals surface area contributed by atoms with Gasteiger partial charge in [-0.15, -0.1) is 0 Å². The summed E-state index contributed by atoms with van der Waals surface area (Å²) in [5.41, 5.74) is 2.08. The molecule has 2 aromatic heterocycles. The molecule has 0 radical (unpaired) electrons. The Morgan fingerprint density at radius 2 is 2.28 bits per heavy atom. The molecule has 0 aliphatic heterocycles. The minimum absolute atomic E-state index is 0.422. The molecule has 0 atom stereocenters. The molecule has 98 valence electrons. The zero-order chi connectivity index (χ0) is 13.0. The van der Waals surface area contributed by atoms with Gasteiger partial charge in [-0.1, -0.05) is 6.92 Å². The highest BCUT2D eigenvalue weighted by atomic mass is 16.5. The molecule has 1 N–H and O–H groups in total. The van der Waals surface area contributed by atoms with Gasteiger partial charge in [0.1, 0.15) is 12.4 Å². The Kier molecular flexibility index (Phi) is 4.04. The van der Waals surface area contributed by atoms with E-state index >= 15 is 0 Å². The van der Waals surface area contributed by atoms with Crippen LogP contribution < -0.4 is 10.1 Å². The maximum Gasteiger partial charge on any atom is 0.212 e. The molecule has 18 heavy (non-hydrogen) atoms. The minimum atomic E-state index is 0.422. The number of rotatable bonds is 6. The summed E-state index contributed by atoms with van der Waals surface area (Å²) in [5, 5.41) is 7.47. The van der Waals surface area contributed by atoms with Crippen LogP contribution in [-0.2, 0) is 20.2 Å². The van der Waals surface area contributed by atoms with Crippen molar-refractivity contribution in [2.75, 3.05) is 6.54 Å². The third kappa shape index (κ3) is 3.13. The molecular formula is C13H19N3O2. The average Bonchev–Trinajstić information content (AvgIpc) is 2.91. The smallest absolute Gasteiger partial charge is 0.212 e. The van der Waals surface area contributed by atoms with Crippen molar-refractivity contribution in [3.05, 3.63) is 35.4 Å². The number of aryl methyl sites for hydroxylation is 2. The van der Waals surface area contributed by atoms with Crippen LogP contribution in [0.5, 0.6) is 5.88 Å². The van der Waals surface area contributed by atoms with Gasteiger partial charge < -0.3 is 14.5 Å². The minimum Gasteiger partial charge on any atom is -0.470 e.